The lowest BCUT2D eigenvalue weighted by molar-refractivity contribution is -0.142. The summed E-state index contributed by atoms with van der Waals surface area (Å²) in [7, 11) is 0. The molecule has 0 heterocycles. The SMILES string of the molecule is CCC(N)CC(=O)N[C@@H](C(=O)O)c1ccccc1Cl. The van der Waals surface area contributed by atoms with Crippen molar-refractivity contribution in [1.29, 1.82) is 0 Å². The smallest absolute Gasteiger partial charge is 0.330 e. The number of hydrogen-bond donors (Lipinski definition) is 3. The van der Waals surface area contributed by atoms with Crippen LogP contribution in [0, 0.1) is 0 Å². The summed E-state index contributed by atoms with van der Waals surface area (Å²) in [6, 6.07) is 5.07. The lowest BCUT2D eigenvalue weighted by Gasteiger charge is -2.17. The zero-order valence-electron chi connectivity index (χ0n) is 10.6. The second-order valence-electron chi connectivity index (χ2n) is 4.23. The lowest BCUT2D eigenvalue weighted by Crippen LogP contribution is -2.37. The summed E-state index contributed by atoms with van der Waals surface area (Å²) in [5, 5.41) is 11.9. The van der Waals surface area contributed by atoms with E-state index in [0.29, 0.717) is 17.0 Å². The number of carboxylic acids is 1. The van der Waals surface area contributed by atoms with E-state index in [2.05, 4.69) is 5.32 Å². The van der Waals surface area contributed by atoms with Crippen LogP contribution in [0.25, 0.3) is 0 Å². The molecule has 0 radical (unpaired) electrons. The molecule has 19 heavy (non-hydrogen) atoms. The predicted octanol–water partition coefficient (Wildman–Crippen LogP) is 1.71. The maximum absolute atomic E-state index is 11.7. The molecule has 5 nitrogen and oxygen atoms in total. The first-order valence-electron chi connectivity index (χ1n) is 5.97. The number of carbonyl (C=O) groups is 2. The summed E-state index contributed by atoms with van der Waals surface area (Å²) in [5.41, 5.74) is 6.02. The van der Waals surface area contributed by atoms with Gasteiger partial charge in [0, 0.05) is 23.0 Å². The fraction of sp³-hybridized carbons (Fsp3) is 0.385. The van der Waals surface area contributed by atoms with Gasteiger partial charge in [-0.05, 0) is 12.5 Å². The maximum atomic E-state index is 11.7. The molecule has 1 aromatic rings. The first kappa shape index (κ1) is 15.5. The number of benzene rings is 1. The normalized spacial score (nSPS) is 13.6. The van der Waals surface area contributed by atoms with E-state index in [-0.39, 0.29) is 12.5 Å². The Hall–Kier alpha value is -1.59. The molecule has 1 rings (SSSR count). The van der Waals surface area contributed by atoms with E-state index in [1.165, 1.54) is 0 Å². The van der Waals surface area contributed by atoms with E-state index in [4.69, 9.17) is 17.3 Å². The van der Waals surface area contributed by atoms with E-state index in [1.54, 1.807) is 24.3 Å². The van der Waals surface area contributed by atoms with Gasteiger partial charge in [-0.25, -0.2) is 4.79 Å². The molecular formula is C13H17ClN2O3. The topological polar surface area (TPSA) is 92.4 Å². The highest BCUT2D eigenvalue weighted by Crippen LogP contribution is 2.23. The Morgan fingerprint density at radius 3 is 2.58 bits per heavy atom. The Morgan fingerprint density at radius 1 is 1.42 bits per heavy atom. The van der Waals surface area contributed by atoms with Crippen molar-refractivity contribution in [3.63, 3.8) is 0 Å². The van der Waals surface area contributed by atoms with Gasteiger partial charge in [0.15, 0.2) is 6.04 Å². The predicted molar refractivity (Wildman–Crippen MR) is 72.9 cm³/mol. The third-order valence-electron chi connectivity index (χ3n) is 2.74. The average molecular weight is 285 g/mol. The Bertz CT molecular complexity index is 465. The van der Waals surface area contributed by atoms with Crippen molar-refractivity contribution in [3.8, 4) is 0 Å². The van der Waals surface area contributed by atoms with E-state index in [9.17, 15) is 14.7 Å². The molecule has 0 spiro atoms. The molecule has 0 saturated carbocycles. The first-order chi connectivity index (χ1) is 8.95. The zero-order valence-corrected chi connectivity index (χ0v) is 11.4. The molecule has 0 fully saturated rings. The second-order valence-corrected chi connectivity index (χ2v) is 4.64. The number of carboxylic acid groups (broad SMARTS) is 1. The van der Waals surface area contributed by atoms with Gasteiger partial charge in [-0.1, -0.05) is 36.7 Å². The number of hydrogen-bond acceptors (Lipinski definition) is 3. The van der Waals surface area contributed by atoms with Crippen LogP contribution in [-0.4, -0.2) is 23.0 Å². The van der Waals surface area contributed by atoms with Crippen LogP contribution >= 0.6 is 11.6 Å². The van der Waals surface area contributed by atoms with Crippen molar-refractivity contribution in [2.24, 2.45) is 5.73 Å². The summed E-state index contributed by atoms with van der Waals surface area (Å²) in [4.78, 5) is 23.0. The molecule has 0 aliphatic rings. The number of rotatable bonds is 6. The lowest BCUT2D eigenvalue weighted by atomic mass is 10.1. The van der Waals surface area contributed by atoms with E-state index in [1.807, 2.05) is 6.92 Å². The van der Waals surface area contributed by atoms with Crippen molar-refractivity contribution < 1.29 is 14.7 Å². The number of amides is 1. The number of nitrogens with one attached hydrogen (secondary N) is 1. The van der Waals surface area contributed by atoms with Gasteiger partial charge < -0.3 is 16.2 Å². The van der Waals surface area contributed by atoms with Crippen molar-refractivity contribution in [2.75, 3.05) is 0 Å². The van der Waals surface area contributed by atoms with Crippen LogP contribution in [0.3, 0.4) is 0 Å². The number of halogens is 1. The van der Waals surface area contributed by atoms with Crippen LogP contribution in [0.15, 0.2) is 24.3 Å². The summed E-state index contributed by atoms with van der Waals surface area (Å²) >= 11 is 5.94. The maximum Gasteiger partial charge on any atom is 0.330 e. The third-order valence-corrected chi connectivity index (χ3v) is 3.08. The molecule has 0 bridgehead atoms. The average Bonchev–Trinajstić information content (AvgIpc) is 2.36. The van der Waals surface area contributed by atoms with Crippen LogP contribution in [-0.2, 0) is 9.59 Å². The molecule has 0 saturated heterocycles. The van der Waals surface area contributed by atoms with Gasteiger partial charge in [0.05, 0.1) is 0 Å². The standard InChI is InChI=1S/C13H17ClN2O3/c1-2-8(15)7-11(17)16-12(13(18)19)9-5-3-4-6-10(9)14/h3-6,8,12H,2,7,15H2,1H3,(H,16,17)(H,18,19)/t8?,12-/m1/s1. The van der Waals surface area contributed by atoms with Crippen molar-refractivity contribution in [2.45, 2.75) is 31.8 Å². The highest BCUT2D eigenvalue weighted by atomic mass is 35.5. The molecule has 4 N–H and O–H groups in total. The Labute approximate surface area is 116 Å². The molecule has 6 heteroatoms. The number of aliphatic carboxylic acids is 1. The number of nitrogens with two attached hydrogens (primary N) is 1. The molecule has 104 valence electrons. The summed E-state index contributed by atoms with van der Waals surface area (Å²) < 4.78 is 0. The van der Waals surface area contributed by atoms with Gasteiger partial charge in [0.1, 0.15) is 0 Å². The summed E-state index contributed by atoms with van der Waals surface area (Å²) in [6.07, 6.45) is 0.738. The molecule has 0 aliphatic carbocycles. The minimum absolute atomic E-state index is 0.0880. The van der Waals surface area contributed by atoms with Gasteiger partial charge in [-0.15, -0.1) is 0 Å². The molecule has 2 atom stereocenters. The Morgan fingerprint density at radius 2 is 2.05 bits per heavy atom. The van der Waals surface area contributed by atoms with Crippen LogP contribution in [0.2, 0.25) is 5.02 Å². The van der Waals surface area contributed by atoms with Gasteiger partial charge in [-0.2, -0.15) is 0 Å². The van der Waals surface area contributed by atoms with Crippen molar-refractivity contribution >= 4 is 23.5 Å². The van der Waals surface area contributed by atoms with Crippen LogP contribution in [0.4, 0.5) is 0 Å². The van der Waals surface area contributed by atoms with Crippen molar-refractivity contribution in [3.05, 3.63) is 34.9 Å². The van der Waals surface area contributed by atoms with Gasteiger partial charge in [0.25, 0.3) is 0 Å². The minimum atomic E-state index is -1.16. The Balaban J connectivity index is 2.83. The first-order valence-corrected chi connectivity index (χ1v) is 6.35. The highest BCUT2D eigenvalue weighted by molar-refractivity contribution is 6.31. The monoisotopic (exact) mass is 284 g/mol. The van der Waals surface area contributed by atoms with Gasteiger partial charge in [-0.3, -0.25) is 4.79 Å². The van der Waals surface area contributed by atoms with E-state index >= 15 is 0 Å². The largest absolute Gasteiger partial charge is 0.479 e. The molecule has 1 amide bonds. The molecule has 1 unspecified atom stereocenters. The van der Waals surface area contributed by atoms with E-state index in [0.717, 1.165) is 0 Å². The second kappa shape index (κ2) is 7.11. The van der Waals surface area contributed by atoms with Crippen molar-refractivity contribution in [1.82, 2.24) is 5.32 Å². The fourth-order valence-corrected chi connectivity index (χ4v) is 1.83. The number of carbonyl (C=O) groups excluding carboxylic acids is 1. The summed E-state index contributed by atoms with van der Waals surface area (Å²) in [5.74, 6) is -1.56. The quantitative estimate of drug-likeness (QED) is 0.741. The van der Waals surface area contributed by atoms with Crippen LogP contribution < -0.4 is 11.1 Å². The van der Waals surface area contributed by atoms with Gasteiger partial charge in [0.2, 0.25) is 5.91 Å². The highest BCUT2D eigenvalue weighted by Gasteiger charge is 2.24. The third kappa shape index (κ3) is 4.54. The Kier molecular flexibility index (Phi) is 5.79. The molecule has 0 aliphatic heterocycles. The molecular weight excluding hydrogens is 268 g/mol. The van der Waals surface area contributed by atoms with Gasteiger partial charge >= 0.3 is 5.97 Å². The van der Waals surface area contributed by atoms with Crippen LogP contribution in [0.5, 0.6) is 0 Å². The minimum Gasteiger partial charge on any atom is -0.479 e. The zero-order chi connectivity index (χ0) is 14.4. The molecule has 1 aromatic carbocycles. The fourth-order valence-electron chi connectivity index (χ4n) is 1.58. The van der Waals surface area contributed by atoms with E-state index < -0.39 is 17.9 Å². The van der Waals surface area contributed by atoms with Crippen LogP contribution in [0.1, 0.15) is 31.4 Å². The molecule has 0 aromatic heterocycles. The summed E-state index contributed by atoms with van der Waals surface area (Å²) in [6.45, 7) is 1.86.